The maximum atomic E-state index is 10.8. The van der Waals surface area contributed by atoms with Crippen molar-refractivity contribution in [1.82, 2.24) is 5.32 Å². The van der Waals surface area contributed by atoms with Gasteiger partial charge in [0.05, 0.1) is 23.8 Å². The highest BCUT2D eigenvalue weighted by atomic mass is 32.1. The highest BCUT2D eigenvalue weighted by molar-refractivity contribution is 7.80. The normalized spacial score (nSPS) is 10.2. The summed E-state index contributed by atoms with van der Waals surface area (Å²) in [6.45, 7) is 3.02. The second-order valence-electron chi connectivity index (χ2n) is 5.29. The van der Waals surface area contributed by atoms with Crippen molar-refractivity contribution in [3.8, 4) is 5.75 Å². The van der Waals surface area contributed by atoms with Crippen LogP contribution in [0.1, 0.15) is 45.4 Å². The monoisotopic (exact) mass is 339 g/mol. The lowest BCUT2D eigenvalue weighted by atomic mass is 10.1. The smallest absolute Gasteiger partial charge is 0.273 e. The molecule has 0 radical (unpaired) electrons. The molecule has 0 fully saturated rings. The summed E-state index contributed by atoms with van der Waals surface area (Å²) in [6.07, 6.45) is 7.36. The van der Waals surface area contributed by atoms with E-state index in [4.69, 9.17) is 17.0 Å². The second kappa shape index (κ2) is 10.8. The largest absolute Gasteiger partial charge is 0.494 e. The van der Waals surface area contributed by atoms with E-state index in [0.717, 1.165) is 13.0 Å². The molecule has 0 aromatic heterocycles. The Labute approximate surface area is 142 Å². The number of hydrogen-bond donors (Lipinski definition) is 2. The highest BCUT2D eigenvalue weighted by Gasteiger charge is 2.12. The van der Waals surface area contributed by atoms with Gasteiger partial charge in [0.15, 0.2) is 5.11 Å². The predicted octanol–water partition coefficient (Wildman–Crippen LogP) is 4.25. The van der Waals surface area contributed by atoms with Gasteiger partial charge in [-0.2, -0.15) is 0 Å². The molecular weight excluding hydrogens is 314 g/mol. The van der Waals surface area contributed by atoms with Gasteiger partial charge in [0.1, 0.15) is 5.75 Å². The molecule has 0 heterocycles. The Balaban J connectivity index is 2.38. The van der Waals surface area contributed by atoms with Gasteiger partial charge < -0.3 is 15.4 Å². The van der Waals surface area contributed by atoms with Crippen molar-refractivity contribution < 1.29 is 9.66 Å². The summed E-state index contributed by atoms with van der Waals surface area (Å²) >= 11 is 5.24. The van der Waals surface area contributed by atoms with Gasteiger partial charge in [-0.05, 0) is 24.7 Å². The molecule has 128 valence electrons. The Morgan fingerprint density at radius 1 is 1.26 bits per heavy atom. The van der Waals surface area contributed by atoms with Crippen molar-refractivity contribution in [3.05, 3.63) is 28.3 Å². The Morgan fingerprint density at radius 2 is 1.96 bits per heavy atom. The molecular formula is C16H25N3O3S. The third-order valence-corrected chi connectivity index (χ3v) is 3.71. The maximum absolute atomic E-state index is 10.8. The zero-order valence-electron chi connectivity index (χ0n) is 13.8. The van der Waals surface area contributed by atoms with E-state index in [-0.39, 0.29) is 5.69 Å². The van der Waals surface area contributed by atoms with Crippen LogP contribution in [-0.2, 0) is 0 Å². The van der Waals surface area contributed by atoms with Gasteiger partial charge in [0.25, 0.3) is 5.69 Å². The lowest BCUT2D eigenvalue weighted by Crippen LogP contribution is -2.29. The van der Waals surface area contributed by atoms with Crippen molar-refractivity contribution >= 4 is 28.7 Å². The van der Waals surface area contributed by atoms with Gasteiger partial charge in [-0.3, -0.25) is 10.1 Å². The molecule has 23 heavy (non-hydrogen) atoms. The first-order valence-corrected chi connectivity index (χ1v) is 8.36. The minimum absolute atomic E-state index is 0.0154. The molecule has 1 rings (SSSR count). The average Bonchev–Trinajstić information content (AvgIpc) is 2.54. The van der Waals surface area contributed by atoms with Gasteiger partial charge in [-0.15, -0.1) is 0 Å². The minimum Gasteiger partial charge on any atom is -0.494 e. The Bertz CT molecular complexity index is 523. The first-order chi connectivity index (χ1) is 11.1. The van der Waals surface area contributed by atoms with Crippen LogP contribution in [0.2, 0.25) is 0 Å². The molecule has 0 bridgehead atoms. The molecule has 0 aliphatic heterocycles. The van der Waals surface area contributed by atoms with Crippen molar-refractivity contribution in [2.45, 2.75) is 45.4 Å². The summed E-state index contributed by atoms with van der Waals surface area (Å²) in [4.78, 5) is 10.3. The van der Waals surface area contributed by atoms with E-state index in [1.54, 1.807) is 6.07 Å². The lowest BCUT2D eigenvalue weighted by Gasteiger charge is -2.13. The number of unbranched alkanes of at least 4 members (excludes halogenated alkanes) is 5. The number of ether oxygens (including phenoxy) is 1. The predicted molar refractivity (Wildman–Crippen MR) is 97.2 cm³/mol. The summed E-state index contributed by atoms with van der Waals surface area (Å²) < 4.78 is 5.16. The number of nitro groups is 1. The molecule has 0 aliphatic carbocycles. The lowest BCUT2D eigenvalue weighted by molar-refractivity contribution is -0.384. The van der Waals surface area contributed by atoms with Gasteiger partial charge >= 0.3 is 0 Å². The van der Waals surface area contributed by atoms with E-state index >= 15 is 0 Å². The SMILES string of the molecule is CCCCCCCCNC(=S)Nc1ccc([N+](=O)[O-])cc1OC. The summed E-state index contributed by atoms with van der Waals surface area (Å²) in [5.74, 6) is 0.392. The fourth-order valence-electron chi connectivity index (χ4n) is 2.17. The molecule has 1 aromatic rings. The molecule has 0 amide bonds. The Hall–Kier alpha value is -1.89. The first-order valence-electron chi connectivity index (χ1n) is 7.95. The van der Waals surface area contributed by atoms with Crippen LogP contribution in [0.3, 0.4) is 0 Å². The number of anilines is 1. The molecule has 0 aliphatic rings. The van der Waals surface area contributed by atoms with E-state index in [1.165, 1.54) is 51.3 Å². The summed E-state index contributed by atoms with van der Waals surface area (Å²) in [6, 6.07) is 4.38. The minimum atomic E-state index is -0.457. The average molecular weight is 339 g/mol. The zero-order valence-corrected chi connectivity index (χ0v) is 14.6. The molecule has 0 atom stereocenters. The van der Waals surface area contributed by atoms with Gasteiger partial charge in [0.2, 0.25) is 0 Å². The summed E-state index contributed by atoms with van der Waals surface area (Å²) in [5, 5.41) is 17.4. The van der Waals surface area contributed by atoms with Crippen LogP contribution in [-0.4, -0.2) is 23.7 Å². The van der Waals surface area contributed by atoms with Crippen LogP contribution in [0.15, 0.2) is 18.2 Å². The quantitative estimate of drug-likeness (QED) is 0.287. The molecule has 0 unspecified atom stereocenters. The number of nitro benzene ring substituents is 1. The van der Waals surface area contributed by atoms with Gasteiger partial charge in [-0.25, -0.2) is 0 Å². The molecule has 0 saturated carbocycles. The van der Waals surface area contributed by atoms with Gasteiger partial charge in [-0.1, -0.05) is 39.0 Å². The molecule has 2 N–H and O–H groups in total. The number of nitrogens with zero attached hydrogens (tertiary/aromatic N) is 1. The Kier molecular flexibility index (Phi) is 8.97. The van der Waals surface area contributed by atoms with Crippen LogP contribution < -0.4 is 15.4 Å². The van der Waals surface area contributed by atoms with E-state index in [2.05, 4.69) is 17.6 Å². The number of nitrogens with one attached hydrogen (secondary N) is 2. The first kappa shape index (κ1) is 19.2. The molecule has 0 spiro atoms. The van der Waals surface area contributed by atoms with Crippen molar-refractivity contribution in [2.75, 3.05) is 19.0 Å². The second-order valence-corrected chi connectivity index (χ2v) is 5.70. The highest BCUT2D eigenvalue weighted by Crippen LogP contribution is 2.28. The maximum Gasteiger partial charge on any atom is 0.273 e. The number of hydrogen-bond acceptors (Lipinski definition) is 4. The number of rotatable bonds is 10. The number of thiocarbonyl (C=S) groups is 1. The zero-order chi connectivity index (χ0) is 17.1. The van der Waals surface area contributed by atoms with Crippen LogP contribution in [0, 0.1) is 10.1 Å². The van der Waals surface area contributed by atoms with Crippen LogP contribution in [0.5, 0.6) is 5.75 Å². The van der Waals surface area contributed by atoms with Crippen LogP contribution in [0.25, 0.3) is 0 Å². The molecule has 1 aromatic carbocycles. The van der Waals surface area contributed by atoms with Crippen LogP contribution >= 0.6 is 12.2 Å². The molecule has 6 nitrogen and oxygen atoms in total. The van der Waals surface area contributed by atoms with Crippen molar-refractivity contribution in [3.63, 3.8) is 0 Å². The standard InChI is InChI=1S/C16H25N3O3S/c1-3-4-5-6-7-8-11-17-16(23)18-14-10-9-13(19(20)21)12-15(14)22-2/h9-10,12H,3-8,11H2,1-2H3,(H2,17,18,23). The van der Waals surface area contributed by atoms with E-state index in [9.17, 15) is 10.1 Å². The number of benzene rings is 1. The summed E-state index contributed by atoms with van der Waals surface area (Å²) in [5.41, 5.74) is 0.594. The fourth-order valence-corrected chi connectivity index (χ4v) is 2.38. The van der Waals surface area contributed by atoms with Crippen LogP contribution in [0.4, 0.5) is 11.4 Å². The van der Waals surface area contributed by atoms with E-state index < -0.39 is 4.92 Å². The fraction of sp³-hybridized carbons (Fsp3) is 0.562. The van der Waals surface area contributed by atoms with Crippen molar-refractivity contribution in [2.24, 2.45) is 0 Å². The molecule has 0 saturated heterocycles. The third-order valence-electron chi connectivity index (χ3n) is 3.46. The van der Waals surface area contributed by atoms with Crippen molar-refractivity contribution in [1.29, 1.82) is 0 Å². The van der Waals surface area contributed by atoms with E-state index in [1.807, 2.05) is 0 Å². The molecule has 7 heteroatoms. The summed E-state index contributed by atoms with van der Waals surface area (Å²) in [7, 11) is 1.47. The number of non-ortho nitro benzene ring substituents is 1. The third kappa shape index (κ3) is 7.27. The Morgan fingerprint density at radius 3 is 2.61 bits per heavy atom. The van der Waals surface area contributed by atoms with E-state index in [0.29, 0.717) is 16.5 Å². The number of methoxy groups -OCH3 is 1. The topological polar surface area (TPSA) is 76.4 Å². The van der Waals surface area contributed by atoms with Gasteiger partial charge in [0, 0.05) is 12.6 Å².